The molecule has 0 radical (unpaired) electrons. The highest BCUT2D eigenvalue weighted by molar-refractivity contribution is 5.85. The van der Waals surface area contributed by atoms with E-state index in [2.05, 4.69) is 4.90 Å². The fourth-order valence-electron chi connectivity index (χ4n) is 2.43. The van der Waals surface area contributed by atoms with Gasteiger partial charge in [-0.1, -0.05) is 0 Å². The van der Waals surface area contributed by atoms with Crippen LogP contribution in [0.15, 0.2) is 18.2 Å². The third-order valence-electron chi connectivity index (χ3n) is 3.62. The van der Waals surface area contributed by atoms with E-state index in [1.807, 2.05) is 6.07 Å². The molecule has 1 fully saturated rings. The minimum Gasteiger partial charge on any atom is -0.494 e. The van der Waals surface area contributed by atoms with Crippen LogP contribution < -0.4 is 15.4 Å². The van der Waals surface area contributed by atoms with Crippen molar-refractivity contribution in [1.82, 2.24) is 4.90 Å². The molecule has 21 heavy (non-hydrogen) atoms. The Balaban J connectivity index is 2.01. The fraction of sp³-hybridized carbons (Fsp3) is 0.533. The van der Waals surface area contributed by atoms with E-state index in [9.17, 15) is 9.18 Å². The Bertz CT molecular complexity index is 520. The monoisotopic (exact) mass is 295 g/mol. The third-order valence-corrected chi connectivity index (χ3v) is 3.62. The first-order chi connectivity index (χ1) is 9.82. The number of ether oxygens (including phenoxy) is 1. The van der Waals surface area contributed by atoms with Crippen LogP contribution in [0.3, 0.4) is 0 Å². The second kappa shape index (κ2) is 5.89. The zero-order valence-electron chi connectivity index (χ0n) is 12.7. The summed E-state index contributed by atoms with van der Waals surface area (Å²) in [5.41, 5.74) is 5.78. The van der Waals surface area contributed by atoms with Crippen LogP contribution in [0.4, 0.5) is 10.1 Å². The molecule has 1 aromatic rings. The van der Waals surface area contributed by atoms with Crippen LogP contribution in [-0.4, -0.2) is 49.6 Å². The van der Waals surface area contributed by atoms with Gasteiger partial charge in [0.25, 0.3) is 0 Å². The Labute approximate surface area is 124 Å². The van der Waals surface area contributed by atoms with E-state index in [4.69, 9.17) is 10.5 Å². The molecule has 1 heterocycles. The highest BCUT2D eigenvalue weighted by atomic mass is 19.1. The topological polar surface area (TPSA) is 58.8 Å². The maximum Gasteiger partial charge on any atom is 0.242 e. The highest BCUT2D eigenvalue weighted by Gasteiger charge is 2.30. The lowest BCUT2D eigenvalue weighted by molar-refractivity contribution is -0.136. The summed E-state index contributed by atoms with van der Waals surface area (Å²) in [5, 5.41) is 0. The molecule has 1 aliphatic rings. The molecule has 116 valence electrons. The molecule has 2 N–H and O–H groups in total. The Kier molecular flexibility index (Phi) is 4.37. The van der Waals surface area contributed by atoms with Gasteiger partial charge >= 0.3 is 0 Å². The smallest absolute Gasteiger partial charge is 0.242 e. The third kappa shape index (κ3) is 3.44. The van der Waals surface area contributed by atoms with Crippen molar-refractivity contribution in [2.24, 2.45) is 5.73 Å². The summed E-state index contributed by atoms with van der Waals surface area (Å²) in [7, 11) is 1.44. The van der Waals surface area contributed by atoms with Crippen molar-refractivity contribution in [3.8, 4) is 5.75 Å². The molecule has 0 bridgehead atoms. The van der Waals surface area contributed by atoms with Crippen LogP contribution in [0.2, 0.25) is 0 Å². The van der Waals surface area contributed by atoms with Gasteiger partial charge < -0.3 is 20.3 Å². The Morgan fingerprint density at radius 2 is 1.90 bits per heavy atom. The van der Waals surface area contributed by atoms with Crippen molar-refractivity contribution in [2.75, 3.05) is 38.2 Å². The molecule has 0 atom stereocenters. The van der Waals surface area contributed by atoms with E-state index in [-0.39, 0.29) is 17.5 Å². The number of rotatable bonds is 3. The predicted molar refractivity (Wildman–Crippen MR) is 80.0 cm³/mol. The number of anilines is 1. The molecule has 1 amide bonds. The quantitative estimate of drug-likeness (QED) is 0.911. The van der Waals surface area contributed by atoms with E-state index in [1.165, 1.54) is 13.2 Å². The SMILES string of the molecule is COc1ccc(N2CCN(C(=O)C(C)(C)N)CC2)cc1F. The van der Waals surface area contributed by atoms with Gasteiger partial charge in [0.1, 0.15) is 0 Å². The van der Waals surface area contributed by atoms with E-state index in [0.717, 1.165) is 5.69 Å². The first-order valence-corrected chi connectivity index (χ1v) is 6.99. The molecule has 1 saturated heterocycles. The normalized spacial score (nSPS) is 16.0. The maximum absolute atomic E-state index is 13.7. The van der Waals surface area contributed by atoms with Crippen LogP contribution in [-0.2, 0) is 4.79 Å². The van der Waals surface area contributed by atoms with Gasteiger partial charge in [-0.05, 0) is 26.0 Å². The molecule has 0 unspecified atom stereocenters. The second-order valence-corrected chi connectivity index (χ2v) is 5.82. The predicted octanol–water partition coefficient (Wildman–Crippen LogP) is 1.22. The number of hydrogen-bond acceptors (Lipinski definition) is 4. The summed E-state index contributed by atoms with van der Waals surface area (Å²) in [5.74, 6) is -0.197. The number of halogens is 1. The molecular formula is C15H22FN3O2. The van der Waals surface area contributed by atoms with Gasteiger partial charge in [-0.25, -0.2) is 4.39 Å². The number of amides is 1. The molecule has 1 aromatic carbocycles. The molecule has 0 spiro atoms. The highest BCUT2D eigenvalue weighted by Crippen LogP contribution is 2.24. The van der Waals surface area contributed by atoms with Crippen molar-refractivity contribution in [1.29, 1.82) is 0 Å². The number of carbonyl (C=O) groups is 1. The average Bonchev–Trinajstić information content (AvgIpc) is 2.45. The van der Waals surface area contributed by atoms with E-state index < -0.39 is 5.54 Å². The summed E-state index contributed by atoms with van der Waals surface area (Å²) in [4.78, 5) is 15.9. The van der Waals surface area contributed by atoms with Gasteiger partial charge in [-0.3, -0.25) is 4.79 Å². The summed E-state index contributed by atoms with van der Waals surface area (Å²) in [6.07, 6.45) is 0. The number of benzene rings is 1. The van der Waals surface area contributed by atoms with E-state index in [1.54, 1.807) is 24.8 Å². The van der Waals surface area contributed by atoms with Gasteiger partial charge in [-0.2, -0.15) is 0 Å². The van der Waals surface area contributed by atoms with Gasteiger partial charge in [0.05, 0.1) is 12.6 Å². The van der Waals surface area contributed by atoms with Gasteiger partial charge in [0, 0.05) is 37.9 Å². The van der Waals surface area contributed by atoms with Gasteiger partial charge in [0.15, 0.2) is 11.6 Å². The number of nitrogens with two attached hydrogens (primary N) is 1. The Morgan fingerprint density at radius 3 is 2.38 bits per heavy atom. The summed E-state index contributed by atoms with van der Waals surface area (Å²) in [6, 6.07) is 4.90. The van der Waals surface area contributed by atoms with Crippen molar-refractivity contribution in [3.05, 3.63) is 24.0 Å². The molecular weight excluding hydrogens is 273 g/mol. The zero-order chi connectivity index (χ0) is 15.6. The van der Waals surface area contributed by atoms with Gasteiger partial charge in [-0.15, -0.1) is 0 Å². The molecule has 0 aliphatic carbocycles. The van der Waals surface area contributed by atoms with E-state index >= 15 is 0 Å². The Morgan fingerprint density at radius 1 is 1.29 bits per heavy atom. The maximum atomic E-state index is 13.7. The van der Waals surface area contributed by atoms with Crippen molar-refractivity contribution in [3.63, 3.8) is 0 Å². The van der Waals surface area contributed by atoms with Gasteiger partial charge in [0.2, 0.25) is 5.91 Å². The summed E-state index contributed by atoms with van der Waals surface area (Å²) in [6.45, 7) is 5.92. The molecule has 2 rings (SSSR count). The van der Waals surface area contributed by atoms with E-state index in [0.29, 0.717) is 26.2 Å². The van der Waals surface area contributed by atoms with Crippen LogP contribution >= 0.6 is 0 Å². The van der Waals surface area contributed by atoms with Crippen LogP contribution in [0.25, 0.3) is 0 Å². The number of carbonyl (C=O) groups excluding carboxylic acids is 1. The lowest BCUT2D eigenvalue weighted by Crippen LogP contribution is -2.57. The van der Waals surface area contributed by atoms with Crippen LogP contribution in [0.1, 0.15) is 13.8 Å². The number of hydrogen-bond donors (Lipinski definition) is 1. The fourth-order valence-corrected chi connectivity index (χ4v) is 2.43. The number of methoxy groups -OCH3 is 1. The van der Waals surface area contributed by atoms with Crippen molar-refractivity contribution < 1.29 is 13.9 Å². The van der Waals surface area contributed by atoms with Crippen molar-refractivity contribution >= 4 is 11.6 Å². The van der Waals surface area contributed by atoms with Crippen LogP contribution in [0.5, 0.6) is 5.75 Å². The average molecular weight is 295 g/mol. The molecule has 5 nitrogen and oxygen atoms in total. The largest absolute Gasteiger partial charge is 0.494 e. The minimum absolute atomic E-state index is 0.0527. The Hall–Kier alpha value is -1.82. The molecule has 0 aromatic heterocycles. The van der Waals surface area contributed by atoms with Crippen molar-refractivity contribution in [2.45, 2.75) is 19.4 Å². The first kappa shape index (κ1) is 15.6. The molecule has 6 heteroatoms. The number of nitrogens with zero attached hydrogens (tertiary/aromatic N) is 2. The lowest BCUT2D eigenvalue weighted by Gasteiger charge is -2.38. The summed E-state index contributed by atoms with van der Waals surface area (Å²) < 4.78 is 18.6. The number of piperazine rings is 1. The summed E-state index contributed by atoms with van der Waals surface area (Å²) >= 11 is 0. The second-order valence-electron chi connectivity index (χ2n) is 5.82. The minimum atomic E-state index is -0.853. The lowest BCUT2D eigenvalue weighted by atomic mass is 10.0. The van der Waals surface area contributed by atoms with Crippen LogP contribution in [0, 0.1) is 5.82 Å². The zero-order valence-corrected chi connectivity index (χ0v) is 12.7. The first-order valence-electron chi connectivity index (χ1n) is 6.99. The standard InChI is InChI=1S/C15H22FN3O2/c1-15(2,17)14(20)19-8-6-18(7-9-19)11-4-5-13(21-3)12(16)10-11/h4-5,10H,6-9,17H2,1-3H3. The molecule has 1 aliphatic heterocycles. The molecule has 0 saturated carbocycles.